The number of hydrogen-bond donors (Lipinski definition) is 2. The van der Waals surface area contributed by atoms with E-state index in [1.165, 1.54) is 10.4 Å². The van der Waals surface area contributed by atoms with Gasteiger partial charge in [0, 0.05) is 13.0 Å². The van der Waals surface area contributed by atoms with E-state index in [9.17, 15) is 9.36 Å². The molecule has 158 valence electrons. The molecule has 29 heavy (non-hydrogen) atoms. The summed E-state index contributed by atoms with van der Waals surface area (Å²) in [5.41, 5.74) is -0.981. The molecule has 0 saturated heterocycles. The van der Waals surface area contributed by atoms with Crippen molar-refractivity contribution >= 4 is 31.8 Å². The molecule has 2 aromatic rings. The fraction of sp³-hybridized carbons (Fsp3) is 0.409. The summed E-state index contributed by atoms with van der Waals surface area (Å²) < 4.78 is 17.7. The van der Waals surface area contributed by atoms with Crippen molar-refractivity contribution in [1.29, 1.82) is 0 Å². The lowest BCUT2D eigenvalue weighted by Gasteiger charge is -2.43. The van der Waals surface area contributed by atoms with E-state index in [4.69, 9.17) is 14.2 Å². The Morgan fingerprint density at radius 2 is 1.38 bits per heavy atom. The third kappa shape index (κ3) is 5.97. The highest BCUT2D eigenvalue weighted by Crippen LogP contribution is 2.38. The van der Waals surface area contributed by atoms with Crippen LogP contribution >= 0.6 is 7.60 Å². The van der Waals surface area contributed by atoms with E-state index < -0.39 is 21.4 Å². The summed E-state index contributed by atoms with van der Waals surface area (Å²) in [6.45, 7) is 7.20. The topological polar surface area (TPSA) is 83.8 Å². The SMILES string of the molecule is CC(C)(C)[Si](OCCCCCC(=O)P(=O)(O)O)(c1ccccc1)c1ccccc1. The molecule has 0 aliphatic rings. The second-order valence-electron chi connectivity index (χ2n) is 8.26. The molecule has 0 amide bonds. The number of carbonyl (C=O) groups excluding carboxylic acids is 1. The molecule has 0 unspecified atom stereocenters. The summed E-state index contributed by atoms with van der Waals surface area (Å²) in [6, 6.07) is 20.8. The maximum absolute atomic E-state index is 11.4. The molecule has 2 rings (SSSR count). The zero-order valence-electron chi connectivity index (χ0n) is 17.4. The van der Waals surface area contributed by atoms with Gasteiger partial charge >= 0.3 is 7.60 Å². The maximum Gasteiger partial charge on any atom is 0.391 e. The van der Waals surface area contributed by atoms with E-state index in [0.29, 0.717) is 19.4 Å². The second kappa shape index (κ2) is 9.96. The highest BCUT2D eigenvalue weighted by atomic mass is 31.2. The highest BCUT2D eigenvalue weighted by molar-refractivity contribution is 7.70. The molecule has 0 radical (unpaired) electrons. The predicted octanol–water partition coefficient (Wildman–Crippen LogP) is 3.83. The molecule has 0 saturated carbocycles. The molecule has 0 atom stereocenters. The normalized spacial score (nSPS) is 12.7. The number of hydrogen-bond acceptors (Lipinski definition) is 3. The third-order valence-corrected chi connectivity index (χ3v) is 11.0. The summed E-state index contributed by atoms with van der Waals surface area (Å²) >= 11 is 0. The summed E-state index contributed by atoms with van der Waals surface area (Å²) in [6.07, 6.45) is 1.78. The van der Waals surface area contributed by atoms with Crippen LogP contribution in [-0.4, -0.2) is 30.2 Å². The third-order valence-electron chi connectivity index (χ3n) is 5.10. The summed E-state index contributed by atoms with van der Waals surface area (Å²) in [5.74, 6) is 0. The van der Waals surface area contributed by atoms with E-state index in [-0.39, 0.29) is 11.5 Å². The van der Waals surface area contributed by atoms with Gasteiger partial charge in [-0.1, -0.05) is 87.9 Å². The molecular weight excluding hydrogens is 403 g/mol. The van der Waals surface area contributed by atoms with Crippen molar-refractivity contribution < 1.29 is 23.6 Å². The zero-order chi connectivity index (χ0) is 21.5. The lowest BCUT2D eigenvalue weighted by atomic mass is 10.2. The van der Waals surface area contributed by atoms with Crippen LogP contribution in [0.5, 0.6) is 0 Å². The maximum atomic E-state index is 11.4. The van der Waals surface area contributed by atoms with Crippen molar-refractivity contribution in [2.24, 2.45) is 0 Å². The fourth-order valence-corrected chi connectivity index (χ4v) is 8.74. The predicted molar refractivity (Wildman–Crippen MR) is 119 cm³/mol. The zero-order valence-corrected chi connectivity index (χ0v) is 19.3. The van der Waals surface area contributed by atoms with Crippen LogP contribution in [0.2, 0.25) is 5.04 Å². The van der Waals surface area contributed by atoms with Crippen LogP contribution < -0.4 is 10.4 Å². The van der Waals surface area contributed by atoms with E-state index >= 15 is 0 Å². The van der Waals surface area contributed by atoms with Crippen molar-refractivity contribution in [3.05, 3.63) is 60.7 Å². The first kappa shape index (κ1) is 23.7. The van der Waals surface area contributed by atoms with Gasteiger partial charge in [-0.15, -0.1) is 0 Å². The fourth-order valence-electron chi connectivity index (χ4n) is 3.69. The Balaban J connectivity index is 2.15. The standard InChI is InChI=1S/C22H31O5PSi/c1-22(2,3)29(19-13-7-4-8-14-19,20-15-9-5-10-16-20)27-18-12-6-11-17-21(23)28(24,25)26/h4-5,7-10,13-16H,6,11-12,17-18H2,1-3H3,(H2,24,25,26). The van der Waals surface area contributed by atoms with Gasteiger partial charge in [0.25, 0.3) is 8.32 Å². The molecule has 0 aromatic heterocycles. The van der Waals surface area contributed by atoms with Crippen LogP contribution in [0.25, 0.3) is 0 Å². The Labute approximate surface area is 174 Å². The molecule has 5 nitrogen and oxygen atoms in total. The van der Waals surface area contributed by atoms with Gasteiger partial charge in [0.15, 0.2) is 0 Å². The molecule has 7 heteroatoms. The van der Waals surface area contributed by atoms with Gasteiger partial charge < -0.3 is 14.2 Å². The van der Waals surface area contributed by atoms with Crippen molar-refractivity contribution in [3.63, 3.8) is 0 Å². The highest BCUT2D eigenvalue weighted by Gasteiger charge is 2.49. The van der Waals surface area contributed by atoms with Crippen molar-refractivity contribution in [2.45, 2.75) is 51.5 Å². The summed E-state index contributed by atoms with van der Waals surface area (Å²) in [4.78, 5) is 29.1. The number of carbonyl (C=O) groups is 1. The quantitative estimate of drug-likeness (QED) is 0.337. The molecule has 0 aliphatic carbocycles. The first-order valence-electron chi connectivity index (χ1n) is 9.93. The van der Waals surface area contributed by atoms with E-state index in [1.807, 2.05) is 36.4 Å². The minimum absolute atomic E-state index is 0.0912. The first-order chi connectivity index (χ1) is 13.6. The van der Waals surface area contributed by atoms with Crippen LogP contribution in [-0.2, 0) is 13.8 Å². The van der Waals surface area contributed by atoms with Gasteiger partial charge in [0.2, 0.25) is 5.52 Å². The van der Waals surface area contributed by atoms with Crippen LogP contribution in [0.1, 0.15) is 46.5 Å². The van der Waals surface area contributed by atoms with Crippen LogP contribution in [0.15, 0.2) is 60.7 Å². The van der Waals surface area contributed by atoms with E-state index in [2.05, 4.69) is 45.0 Å². The van der Waals surface area contributed by atoms with Crippen molar-refractivity contribution in [1.82, 2.24) is 0 Å². The first-order valence-corrected chi connectivity index (χ1v) is 13.4. The molecular formula is C22H31O5PSi. The Bertz CT molecular complexity index is 788. The van der Waals surface area contributed by atoms with E-state index in [1.54, 1.807) is 0 Å². The second-order valence-corrected chi connectivity index (χ2v) is 14.2. The Kier molecular flexibility index (Phi) is 8.15. The van der Waals surface area contributed by atoms with Crippen LogP contribution in [0, 0.1) is 0 Å². The lowest BCUT2D eigenvalue weighted by molar-refractivity contribution is -0.113. The molecule has 0 heterocycles. The summed E-state index contributed by atoms with van der Waals surface area (Å²) in [5, 5.41) is 2.34. The Morgan fingerprint density at radius 3 is 1.79 bits per heavy atom. The van der Waals surface area contributed by atoms with E-state index in [0.717, 1.165) is 6.42 Å². The van der Waals surface area contributed by atoms with Gasteiger partial charge in [-0.2, -0.15) is 0 Å². The minimum atomic E-state index is -4.60. The Hall–Kier alpha value is -1.56. The number of unbranched alkanes of at least 4 members (excludes halogenated alkanes) is 2. The molecule has 0 bridgehead atoms. The lowest BCUT2D eigenvalue weighted by Crippen LogP contribution is -2.66. The van der Waals surface area contributed by atoms with Crippen molar-refractivity contribution in [3.8, 4) is 0 Å². The van der Waals surface area contributed by atoms with Crippen LogP contribution in [0.4, 0.5) is 0 Å². The smallest absolute Gasteiger partial charge is 0.391 e. The average Bonchev–Trinajstić information content (AvgIpc) is 2.67. The van der Waals surface area contributed by atoms with Gasteiger partial charge in [0.1, 0.15) is 0 Å². The van der Waals surface area contributed by atoms with Gasteiger partial charge in [-0.3, -0.25) is 9.36 Å². The minimum Gasteiger partial charge on any atom is -0.407 e. The van der Waals surface area contributed by atoms with Gasteiger partial charge in [-0.05, 0) is 28.3 Å². The monoisotopic (exact) mass is 434 g/mol. The van der Waals surface area contributed by atoms with Crippen LogP contribution in [0.3, 0.4) is 0 Å². The van der Waals surface area contributed by atoms with Crippen molar-refractivity contribution in [2.75, 3.05) is 6.61 Å². The molecule has 0 fully saturated rings. The number of benzene rings is 2. The molecule has 2 N–H and O–H groups in total. The summed E-state index contributed by atoms with van der Waals surface area (Å²) in [7, 11) is -7.16. The molecule has 2 aromatic carbocycles. The van der Waals surface area contributed by atoms with Gasteiger partial charge in [-0.25, -0.2) is 0 Å². The molecule has 0 aliphatic heterocycles. The largest absolute Gasteiger partial charge is 0.407 e. The number of rotatable bonds is 10. The average molecular weight is 435 g/mol. The molecule has 0 spiro atoms. The van der Waals surface area contributed by atoms with Gasteiger partial charge in [0.05, 0.1) is 0 Å². The Morgan fingerprint density at radius 1 is 0.897 bits per heavy atom.